The Bertz CT molecular complexity index is 820. The second-order valence-corrected chi connectivity index (χ2v) is 6.61. The molecule has 0 spiro atoms. The van der Waals surface area contributed by atoms with Gasteiger partial charge < -0.3 is 14.2 Å². The summed E-state index contributed by atoms with van der Waals surface area (Å²) in [4.78, 5) is 39.1. The summed E-state index contributed by atoms with van der Waals surface area (Å²) in [7, 11) is 0. The Morgan fingerprint density at radius 1 is 1.18 bits per heavy atom. The first-order valence-electron chi connectivity index (χ1n) is 8.71. The van der Waals surface area contributed by atoms with Crippen molar-refractivity contribution in [3.8, 4) is 5.75 Å². The normalized spacial score (nSPS) is 10.2. The molecule has 0 aliphatic heterocycles. The van der Waals surface area contributed by atoms with Crippen molar-refractivity contribution in [3.63, 3.8) is 0 Å². The molecule has 2 aromatic rings. The van der Waals surface area contributed by atoms with Crippen LogP contribution in [-0.4, -0.2) is 42.7 Å². The Hall–Kier alpha value is -2.94. The van der Waals surface area contributed by atoms with Crippen LogP contribution in [0.25, 0.3) is 0 Å². The highest BCUT2D eigenvalue weighted by Crippen LogP contribution is 2.16. The van der Waals surface area contributed by atoms with Crippen LogP contribution < -0.4 is 10.1 Å². The summed E-state index contributed by atoms with van der Waals surface area (Å²) in [5.41, 5.74) is 1.56. The number of ether oxygens (including phenoxy) is 3. The number of hydrogen-bond donors (Lipinski definition) is 1. The van der Waals surface area contributed by atoms with Gasteiger partial charge in [-0.05, 0) is 31.5 Å². The second kappa shape index (κ2) is 11.0. The molecular weight excluding hydrogens is 384 g/mol. The lowest BCUT2D eigenvalue weighted by molar-refractivity contribution is -0.147. The zero-order valence-corrected chi connectivity index (χ0v) is 16.5. The average molecular weight is 406 g/mol. The van der Waals surface area contributed by atoms with E-state index in [0.29, 0.717) is 23.2 Å². The van der Waals surface area contributed by atoms with E-state index in [-0.39, 0.29) is 25.4 Å². The zero-order chi connectivity index (χ0) is 20.4. The Morgan fingerprint density at radius 2 is 2.00 bits per heavy atom. The van der Waals surface area contributed by atoms with Crippen molar-refractivity contribution in [2.45, 2.75) is 26.7 Å². The second-order valence-electron chi connectivity index (χ2n) is 5.75. The number of aromatic nitrogens is 1. The summed E-state index contributed by atoms with van der Waals surface area (Å²) in [5, 5.41) is 4.50. The molecule has 28 heavy (non-hydrogen) atoms. The van der Waals surface area contributed by atoms with E-state index in [1.165, 1.54) is 11.3 Å². The third-order valence-electron chi connectivity index (χ3n) is 3.36. The van der Waals surface area contributed by atoms with Crippen molar-refractivity contribution in [3.05, 3.63) is 40.9 Å². The van der Waals surface area contributed by atoms with Gasteiger partial charge in [0, 0.05) is 5.38 Å². The number of nitrogens with one attached hydrogen (secondary N) is 1. The molecule has 0 unspecified atom stereocenters. The predicted molar refractivity (Wildman–Crippen MR) is 103 cm³/mol. The predicted octanol–water partition coefficient (Wildman–Crippen LogP) is 2.51. The number of carbonyl (C=O) groups is 3. The number of nitrogens with zero attached hydrogens (tertiary/aromatic N) is 1. The van der Waals surface area contributed by atoms with Crippen molar-refractivity contribution in [2.75, 3.05) is 25.1 Å². The third-order valence-corrected chi connectivity index (χ3v) is 4.16. The van der Waals surface area contributed by atoms with Crippen molar-refractivity contribution in [2.24, 2.45) is 0 Å². The highest BCUT2D eigenvalue weighted by atomic mass is 32.1. The maximum absolute atomic E-state index is 11.8. The van der Waals surface area contributed by atoms with E-state index in [2.05, 4.69) is 10.3 Å². The van der Waals surface area contributed by atoms with Crippen LogP contribution in [-0.2, 0) is 30.3 Å². The summed E-state index contributed by atoms with van der Waals surface area (Å²) in [6, 6.07) is 7.48. The van der Waals surface area contributed by atoms with Gasteiger partial charge in [0.2, 0.25) is 0 Å². The van der Waals surface area contributed by atoms with Crippen LogP contribution in [0.2, 0.25) is 0 Å². The first kappa shape index (κ1) is 21.4. The summed E-state index contributed by atoms with van der Waals surface area (Å²) in [5.74, 6) is -0.754. The lowest BCUT2D eigenvalue weighted by Gasteiger charge is -2.07. The van der Waals surface area contributed by atoms with Gasteiger partial charge in [0.15, 0.2) is 11.7 Å². The lowest BCUT2D eigenvalue weighted by atomic mass is 10.2. The molecule has 9 heteroatoms. The van der Waals surface area contributed by atoms with Gasteiger partial charge in [0.05, 0.1) is 31.7 Å². The minimum atomic E-state index is -0.537. The topological polar surface area (TPSA) is 104 Å². The van der Waals surface area contributed by atoms with Crippen molar-refractivity contribution < 1.29 is 28.6 Å². The molecule has 1 N–H and O–H groups in total. The molecule has 1 heterocycles. The minimum absolute atomic E-state index is 0.0299. The molecule has 0 saturated heterocycles. The lowest BCUT2D eigenvalue weighted by Crippen LogP contribution is -2.21. The van der Waals surface area contributed by atoms with E-state index in [0.717, 1.165) is 5.56 Å². The van der Waals surface area contributed by atoms with Crippen LogP contribution in [0.4, 0.5) is 5.13 Å². The molecule has 0 bridgehead atoms. The molecule has 0 saturated carbocycles. The van der Waals surface area contributed by atoms with E-state index in [9.17, 15) is 14.4 Å². The zero-order valence-electron chi connectivity index (χ0n) is 15.7. The van der Waals surface area contributed by atoms with Crippen molar-refractivity contribution >= 4 is 34.3 Å². The van der Waals surface area contributed by atoms with Gasteiger partial charge in [-0.3, -0.25) is 19.7 Å². The van der Waals surface area contributed by atoms with Crippen LogP contribution in [0.5, 0.6) is 5.75 Å². The number of benzene rings is 1. The largest absolute Gasteiger partial charge is 0.493 e. The SMILES string of the molecule is CCOC(=O)Cc1csc(NC(=O)COC(=O)CCOc2cccc(C)c2)n1. The summed E-state index contributed by atoms with van der Waals surface area (Å²) >= 11 is 1.17. The first-order valence-corrected chi connectivity index (χ1v) is 9.59. The Kier molecular flexibility index (Phi) is 8.41. The molecule has 1 aromatic heterocycles. The fraction of sp³-hybridized carbons (Fsp3) is 0.368. The smallest absolute Gasteiger partial charge is 0.311 e. The van der Waals surface area contributed by atoms with E-state index < -0.39 is 18.5 Å². The van der Waals surface area contributed by atoms with E-state index in [4.69, 9.17) is 14.2 Å². The fourth-order valence-corrected chi connectivity index (χ4v) is 2.86. The van der Waals surface area contributed by atoms with Crippen LogP contribution in [0.15, 0.2) is 29.6 Å². The van der Waals surface area contributed by atoms with Crippen LogP contribution in [0.3, 0.4) is 0 Å². The maximum Gasteiger partial charge on any atom is 0.311 e. The number of carbonyl (C=O) groups excluding carboxylic acids is 3. The van der Waals surface area contributed by atoms with E-state index in [1.807, 2.05) is 25.1 Å². The molecule has 2 rings (SSSR count). The van der Waals surface area contributed by atoms with Crippen LogP contribution in [0.1, 0.15) is 24.6 Å². The number of amides is 1. The Labute approximate surface area is 166 Å². The molecule has 8 nitrogen and oxygen atoms in total. The number of rotatable bonds is 10. The van der Waals surface area contributed by atoms with Crippen molar-refractivity contribution in [1.82, 2.24) is 4.98 Å². The highest BCUT2D eigenvalue weighted by molar-refractivity contribution is 7.13. The van der Waals surface area contributed by atoms with Gasteiger partial charge in [0.25, 0.3) is 5.91 Å². The van der Waals surface area contributed by atoms with Gasteiger partial charge in [-0.15, -0.1) is 11.3 Å². The number of thiazole rings is 1. The van der Waals surface area contributed by atoms with Gasteiger partial charge in [-0.1, -0.05) is 12.1 Å². The third kappa shape index (κ3) is 7.75. The molecular formula is C19H22N2O6S. The van der Waals surface area contributed by atoms with Gasteiger partial charge in [-0.2, -0.15) is 0 Å². The monoisotopic (exact) mass is 406 g/mol. The number of anilines is 1. The average Bonchev–Trinajstić information content (AvgIpc) is 3.07. The Balaban J connectivity index is 1.65. The Morgan fingerprint density at radius 3 is 2.75 bits per heavy atom. The molecule has 0 radical (unpaired) electrons. The minimum Gasteiger partial charge on any atom is -0.493 e. The highest BCUT2D eigenvalue weighted by Gasteiger charge is 2.12. The van der Waals surface area contributed by atoms with Crippen molar-refractivity contribution in [1.29, 1.82) is 0 Å². The van der Waals surface area contributed by atoms with Gasteiger partial charge in [-0.25, -0.2) is 4.98 Å². The quantitative estimate of drug-likeness (QED) is 0.605. The number of aryl methyl sites for hydroxylation is 1. The van der Waals surface area contributed by atoms with Crippen LogP contribution >= 0.6 is 11.3 Å². The number of esters is 2. The summed E-state index contributed by atoms with van der Waals surface area (Å²) in [6.07, 6.45) is 0.0678. The molecule has 0 aliphatic rings. The van der Waals surface area contributed by atoms with Gasteiger partial charge >= 0.3 is 11.9 Å². The maximum atomic E-state index is 11.8. The van der Waals surface area contributed by atoms with E-state index >= 15 is 0 Å². The first-order chi connectivity index (χ1) is 13.5. The molecule has 150 valence electrons. The molecule has 0 aliphatic carbocycles. The van der Waals surface area contributed by atoms with Gasteiger partial charge in [0.1, 0.15) is 5.75 Å². The molecule has 1 aromatic carbocycles. The summed E-state index contributed by atoms with van der Waals surface area (Å²) in [6.45, 7) is 3.71. The fourth-order valence-electron chi connectivity index (χ4n) is 2.14. The molecule has 0 atom stereocenters. The molecule has 0 fully saturated rings. The number of hydrogen-bond acceptors (Lipinski definition) is 8. The van der Waals surface area contributed by atoms with Crippen LogP contribution in [0, 0.1) is 6.92 Å². The molecule has 1 amide bonds. The standard InChI is InChI=1S/C19H22N2O6S/c1-3-25-18(24)10-14-12-28-19(20-14)21-16(22)11-27-17(23)7-8-26-15-6-4-5-13(2)9-15/h4-6,9,12H,3,7-8,10-11H2,1-2H3,(H,20,21,22). The summed E-state index contributed by atoms with van der Waals surface area (Å²) < 4.78 is 15.2. The van der Waals surface area contributed by atoms with E-state index in [1.54, 1.807) is 18.4 Å².